The van der Waals surface area contributed by atoms with Crippen LogP contribution in [0, 0.1) is 0 Å². The lowest BCUT2D eigenvalue weighted by atomic mass is 9.93. The highest BCUT2D eigenvalue weighted by atomic mass is 16.6. The van der Waals surface area contributed by atoms with Gasteiger partial charge >= 0.3 is 6.09 Å². The minimum Gasteiger partial charge on any atom is -0.444 e. The first kappa shape index (κ1) is 17.8. The average molecular weight is 323 g/mol. The molecule has 6 nitrogen and oxygen atoms in total. The second-order valence-corrected chi connectivity index (χ2v) is 7.41. The molecule has 1 saturated heterocycles. The molecule has 2 heterocycles. The second-order valence-electron chi connectivity index (χ2n) is 7.41. The molecule has 1 fully saturated rings. The number of aryl methyl sites for hydroxylation is 1. The van der Waals surface area contributed by atoms with Crippen molar-refractivity contribution >= 4 is 6.09 Å². The Morgan fingerprint density at radius 1 is 1.35 bits per heavy atom. The van der Waals surface area contributed by atoms with Crippen LogP contribution in [0.1, 0.15) is 53.0 Å². The van der Waals surface area contributed by atoms with E-state index in [0.717, 1.165) is 24.9 Å². The van der Waals surface area contributed by atoms with Crippen LogP contribution in [0.25, 0.3) is 0 Å². The fraction of sp³-hybridized carbons (Fsp3) is 0.765. The molecule has 0 aromatic carbocycles. The fourth-order valence-corrected chi connectivity index (χ4v) is 2.54. The molecular weight excluding hydrogens is 294 g/mol. The van der Waals surface area contributed by atoms with Crippen LogP contribution in [-0.2, 0) is 22.6 Å². The van der Waals surface area contributed by atoms with E-state index in [2.05, 4.69) is 18.9 Å². The lowest BCUT2D eigenvalue weighted by molar-refractivity contribution is -0.0812. The van der Waals surface area contributed by atoms with Crippen molar-refractivity contribution in [3.63, 3.8) is 0 Å². The molecule has 0 unspecified atom stereocenters. The predicted octanol–water partition coefficient (Wildman–Crippen LogP) is 3.21. The molecule has 0 radical (unpaired) electrons. The minimum absolute atomic E-state index is 0.202. The molecule has 130 valence electrons. The lowest BCUT2D eigenvalue weighted by Gasteiger charge is -2.39. The molecule has 0 bridgehead atoms. The molecule has 0 spiro atoms. The summed E-state index contributed by atoms with van der Waals surface area (Å²) in [6.45, 7) is 12.6. The summed E-state index contributed by atoms with van der Waals surface area (Å²) in [6, 6.07) is 0. The van der Waals surface area contributed by atoms with Gasteiger partial charge in [-0.25, -0.2) is 4.79 Å². The molecule has 1 aromatic rings. The number of aromatic nitrogens is 2. The van der Waals surface area contributed by atoms with Gasteiger partial charge in [-0.1, -0.05) is 0 Å². The number of rotatable bonds is 4. The van der Waals surface area contributed by atoms with Crippen LogP contribution in [0.15, 0.2) is 12.4 Å². The van der Waals surface area contributed by atoms with Crippen molar-refractivity contribution in [1.82, 2.24) is 14.7 Å². The Labute approximate surface area is 138 Å². The van der Waals surface area contributed by atoms with E-state index in [-0.39, 0.29) is 11.7 Å². The summed E-state index contributed by atoms with van der Waals surface area (Å²) in [7, 11) is 0. The maximum Gasteiger partial charge on any atom is 0.410 e. The quantitative estimate of drug-likeness (QED) is 0.854. The van der Waals surface area contributed by atoms with Crippen LogP contribution in [0.3, 0.4) is 0 Å². The molecule has 6 heteroatoms. The maximum absolute atomic E-state index is 12.1. The van der Waals surface area contributed by atoms with E-state index >= 15 is 0 Å². The summed E-state index contributed by atoms with van der Waals surface area (Å²) in [5.41, 5.74) is 0.434. The monoisotopic (exact) mass is 323 g/mol. The Balaban J connectivity index is 1.81. The number of hydrogen-bond donors (Lipinski definition) is 0. The van der Waals surface area contributed by atoms with Crippen molar-refractivity contribution in [3.8, 4) is 0 Å². The smallest absolute Gasteiger partial charge is 0.410 e. The molecule has 0 atom stereocenters. The topological polar surface area (TPSA) is 56.6 Å². The molecule has 0 N–H and O–H groups in total. The fourth-order valence-electron chi connectivity index (χ4n) is 2.54. The van der Waals surface area contributed by atoms with Crippen molar-refractivity contribution in [1.29, 1.82) is 0 Å². The van der Waals surface area contributed by atoms with E-state index in [9.17, 15) is 4.79 Å². The van der Waals surface area contributed by atoms with Gasteiger partial charge < -0.3 is 14.4 Å². The SMILES string of the molecule is CCn1cc(COC2(C)CCN(C(=O)OC(C)(C)C)CC2)cn1. The molecule has 1 amide bonds. The molecule has 1 aromatic heterocycles. The van der Waals surface area contributed by atoms with Gasteiger partial charge in [0.25, 0.3) is 0 Å². The number of carbonyl (C=O) groups is 1. The third kappa shape index (κ3) is 5.23. The van der Waals surface area contributed by atoms with Crippen LogP contribution in [0.4, 0.5) is 4.79 Å². The normalized spacial score (nSPS) is 18.0. The highest BCUT2D eigenvalue weighted by Gasteiger charge is 2.34. The first-order valence-corrected chi connectivity index (χ1v) is 8.34. The molecule has 2 rings (SSSR count). The van der Waals surface area contributed by atoms with Crippen LogP contribution in [-0.4, -0.2) is 45.1 Å². The van der Waals surface area contributed by atoms with Gasteiger partial charge in [0.2, 0.25) is 0 Å². The van der Waals surface area contributed by atoms with Crippen molar-refractivity contribution in [2.45, 2.75) is 71.8 Å². The van der Waals surface area contributed by atoms with E-state index in [0.29, 0.717) is 19.7 Å². The number of carbonyl (C=O) groups excluding carboxylic acids is 1. The molecule has 0 aliphatic carbocycles. The third-order valence-corrected chi connectivity index (χ3v) is 4.07. The van der Waals surface area contributed by atoms with Gasteiger partial charge in [0.05, 0.1) is 18.4 Å². The van der Waals surface area contributed by atoms with Crippen molar-refractivity contribution in [3.05, 3.63) is 18.0 Å². The van der Waals surface area contributed by atoms with Gasteiger partial charge in [0.15, 0.2) is 0 Å². The van der Waals surface area contributed by atoms with Crippen LogP contribution < -0.4 is 0 Å². The van der Waals surface area contributed by atoms with Gasteiger partial charge in [-0.15, -0.1) is 0 Å². The number of hydrogen-bond acceptors (Lipinski definition) is 4. The predicted molar refractivity (Wildman–Crippen MR) is 88.1 cm³/mol. The molecule has 0 saturated carbocycles. The summed E-state index contributed by atoms with van der Waals surface area (Å²) in [4.78, 5) is 13.9. The van der Waals surface area contributed by atoms with E-state index in [1.54, 1.807) is 4.90 Å². The largest absolute Gasteiger partial charge is 0.444 e. The van der Waals surface area contributed by atoms with Crippen LogP contribution in [0.2, 0.25) is 0 Å². The van der Waals surface area contributed by atoms with Crippen molar-refractivity contribution in [2.24, 2.45) is 0 Å². The Bertz CT molecular complexity index is 525. The summed E-state index contributed by atoms with van der Waals surface area (Å²) >= 11 is 0. The first-order chi connectivity index (χ1) is 10.7. The standard InChI is InChI=1S/C17H29N3O3/c1-6-20-12-14(11-18-20)13-22-17(5)7-9-19(10-8-17)15(21)23-16(2,3)4/h11-12H,6-10,13H2,1-5H3. The van der Waals surface area contributed by atoms with Gasteiger partial charge in [-0.05, 0) is 47.5 Å². The second kappa shape index (κ2) is 6.91. The minimum atomic E-state index is -0.451. The zero-order chi connectivity index (χ0) is 17.1. The molecule has 23 heavy (non-hydrogen) atoms. The average Bonchev–Trinajstić information content (AvgIpc) is 2.92. The van der Waals surface area contributed by atoms with E-state index in [1.165, 1.54) is 0 Å². The van der Waals surface area contributed by atoms with E-state index in [4.69, 9.17) is 9.47 Å². The Morgan fingerprint density at radius 3 is 2.52 bits per heavy atom. The maximum atomic E-state index is 12.1. The van der Waals surface area contributed by atoms with Crippen LogP contribution >= 0.6 is 0 Å². The first-order valence-electron chi connectivity index (χ1n) is 8.34. The number of piperidine rings is 1. The zero-order valence-electron chi connectivity index (χ0n) is 15.0. The number of amides is 1. The summed E-state index contributed by atoms with van der Waals surface area (Å²) in [6.07, 6.45) is 5.26. The summed E-state index contributed by atoms with van der Waals surface area (Å²) < 4.78 is 13.4. The van der Waals surface area contributed by atoms with Gasteiger partial charge in [0.1, 0.15) is 5.60 Å². The van der Waals surface area contributed by atoms with Crippen molar-refractivity contribution < 1.29 is 14.3 Å². The van der Waals surface area contributed by atoms with Gasteiger partial charge in [0, 0.05) is 31.4 Å². The number of nitrogens with zero attached hydrogens (tertiary/aromatic N) is 3. The Morgan fingerprint density at radius 2 is 2.00 bits per heavy atom. The number of ether oxygens (including phenoxy) is 2. The highest BCUT2D eigenvalue weighted by molar-refractivity contribution is 5.68. The summed E-state index contributed by atoms with van der Waals surface area (Å²) in [5.74, 6) is 0. The van der Waals surface area contributed by atoms with Gasteiger partial charge in [-0.2, -0.15) is 5.10 Å². The van der Waals surface area contributed by atoms with Crippen molar-refractivity contribution in [2.75, 3.05) is 13.1 Å². The Kier molecular flexibility index (Phi) is 5.34. The molecule has 1 aliphatic rings. The highest BCUT2D eigenvalue weighted by Crippen LogP contribution is 2.28. The molecule has 1 aliphatic heterocycles. The lowest BCUT2D eigenvalue weighted by Crippen LogP contribution is -2.47. The molecular formula is C17H29N3O3. The zero-order valence-corrected chi connectivity index (χ0v) is 15.0. The van der Waals surface area contributed by atoms with E-state index in [1.807, 2.05) is 37.8 Å². The number of likely N-dealkylation sites (tertiary alicyclic amines) is 1. The van der Waals surface area contributed by atoms with Gasteiger partial charge in [-0.3, -0.25) is 4.68 Å². The van der Waals surface area contributed by atoms with E-state index < -0.39 is 5.60 Å². The van der Waals surface area contributed by atoms with Crippen LogP contribution in [0.5, 0.6) is 0 Å². The third-order valence-electron chi connectivity index (χ3n) is 4.07. The summed E-state index contributed by atoms with van der Waals surface area (Å²) in [5, 5.41) is 4.26. The Hall–Kier alpha value is -1.56.